The van der Waals surface area contributed by atoms with E-state index in [0.717, 1.165) is 6.42 Å². The van der Waals surface area contributed by atoms with E-state index in [1.54, 1.807) is 0 Å². The maximum Gasteiger partial charge on any atom is 0 e. The fourth-order valence-corrected chi connectivity index (χ4v) is 1.24. The van der Waals surface area contributed by atoms with E-state index in [2.05, 4.69) is 12.1 Å². The summed E-state index contributed by atoms with van der Waals surface area (Å²) in [6.07, 6.45) is 0.993. The Balaban J connectivity index is 0.000000280. The average Bonchev–Trinajstić information content (AvgIpc) is 2.75. The van der Waals surface area contributed by atoms with Gasteiger partial charge in [0.05, 0.1) is 0 Å². The summed E-state index contributed by atoms with van der Waals surface area (Å²) in [6.45, 7) is 2.02. The summed E-state index contributed by atoms with van der Waals surface area (Å²) in [6, 6.07) is 18.6. The molecule has 15 heavy (non-hydrogen) atoms. The Bertz CT molecular complexity index is 278. The van der Waals surface area contributed by atoms with E-state index in [1.165, 1.54) is 5.56 Å². The largest absolute Gasteiger partial charge is 0.748 e. The van der Waals surface area contributed by atoms with Gasteiger partial charge in [-0.1, -0.05) is 6.92 Å². The number of hydrogen-bond donors (Lipinski definition) is 1. The Morgan fingerprint density at radius 2 is 1.73 bits per heavy atom. The van der Waals surface area contributed by atoms with Crippen LogP contribution in [0.15, 0.2) is 54.6 Å². The van der Waals surface area contributed by atoms with Gasteiger partial charge in [-0.25, -0.2) is 18.6 Å². The third-order valence-corrected chi connectivity index (χ3v) is 1.84. The first-order valence-electron chi connectivity index (χ1n) is 4.92. The van der Waals surface area contributed by atoms with E-state index >= 15 is 0 Å². The van der Waals surface area contributed by atoms with Crippen LogP contribution in [0.1, 0.15) is 12.5 Å². The van der Waals surface area contributed by atoms with Crippen molar-refractivity contribution in [3.63, 3.8) is 0 Å². The Morgan fingerprint density at radius 3 is 2.07 bits per heavy atom. The van der Waals surface area contributed by atoms with E-state index < -0.39 is 0 Å². The van der Waals surface area contributed by atoms with Crippen molar-refractivity contribution in [3.05, 3.63) is 60.2 Å². The smallest absolute Gasteiger partial charge is 0 e. The molecule has 1 nitrogen and oxygen atoms in total. The van der Waals surface area contributed by atoms with Gasteiger partial charge in [0, 0.05) is 17.1 Å². The van der Waals surface area contributed by atoms with Gasteiger partial charge in [-0.3, -0.25) is 0 Å². The van der Waals surface area contributed by atoms with E-state index in [1.807, 2.05) is 49.4 Å². The first-order valence-corrected chi connectivity index (χ1v) is 4.92. The van der Waals surface area contributed by atoms with E-state index in [0.29, 0.717) is 0 Å². The topological polar surface area (TPSA) is 26.0 Å². The van der Waals surface area contributed by atoms with E-state index in [9.17, 15) is 0 Å². The second-order valence-electron chi connectivity index (χ2n) is 3.44. The maximum absolute atomic E-state index is 5.58. The minimum absolute atomic E-state index is 0. The van der Waals surface area contributed by atoms with Gasteiger partial charge in [-0.2, -0.15) is 18.2 Å². The Hall–Kier alpha value is -0.821. The van der Waals surface area contributed by atoms with Gasteiger partial charge in [-0.15, -0.1) is 0 Å². The van der Waals surface area contributed by atoms with Gasteiger partial charge in [0.1, 0.15) is 0 Å². The van der Waals surface area contributed by atoms with Crippen LogP contribution in [0.5, 0.6) is 0 Å². The molecule has 0 bridgehead atoms. The third-order valence-electron chi connectivity index (χ3n) is 1.84. The second-order valence-corrected chi connectivity index (χ2v) is 3.44. The van der Waals surface area contributed by atoms with Gasteiger partial charge in [0.2, 0.25) is 0 Å². The molecule has 2 aromatic rings. The Labute approximate surface area is 103 Å². The van der Waals surface area contributed by atoms with Crippen LogP contribution in [0.25, 0.3) is 0 Å². The average molecular weight is 243 g/mol. The zero-order chi connectivity index (χ0) is 10.2. The molecule has 2 aromatic carbocycles. The molecule has 1 unspecified atom stereocenters. The molecule has 0 amide bonds. The molecule has 88 valence electrons. The van der Waals surface area contributed by atoms with Gasteiger partial charge < -0.3 is 35.6 Å². The Kier molecular flexibility index (Phi) is 8.02. The first kappa shape index (κ1) is 14.2. The summed E-state index contributed by atoms with van der Waals surface area (Å²) in [7, 11) is 0. The number of rotatable bonds is 2. The van der Waals surface area contributed by atoms with Crippen LogP contribution in [0.2, 0.25) is 0 Å². The summed E-state index contributed by atoms with van der Waals surface area (Å²) >= 11 is 0. The van der Waals surface area contributed by atoms with Crippen LogP contribution < -0.4 is 5.73 Å². The molecular formula is C13H17FeN-6. The molecule has 0 saturated heterocycles. The van der Waals surface area contributed by atoms with Crippen molar-refractivity contribution in [1.29, 1.82) is 0 Å². The van der Waals surface area contributed by atoms with Crippen LogP contribution >= 0.6 is 0 Å². The summed E-state index contributed by atoms with van der Waals surface area (Å²) in [5.41, 5.74) is 6.92. The van der Waals surface area contributed by atoms with Crippen molar-refractivity contribution in [1.82, 2.24) is 0 Å². The quantitative estimate of drug-likeness (QED) is 0.637. The summed E-state index contributed by atoms with van der Waals surface area (Å²) in [5.74, 6) is 0. The van der Waals surface area contributed by atoms with Crippen molar-refractivity contribution in [2.24, 2.45) is 5.73 Å². The molecule has 0 aliphatic rings. The standard InChI is InChI=1S/C8H12N.C5H5.Fe/c1-7(9)6-8-4-2-3-5-8;1-2-4-5-3-1;/h2-5,7H,6,9H2,1H3;1-5H;/q-5;-1;. The SMILES string of the molecule is CC(N)C[c-]1[cH-][cH-][cH-][cH-]1.[Fe].c1cc[cH-]c1. The normalized spacial score (nSPS) is 10.8. The minimum Gasteiger partial charge on any atom is -0.748 e. The number of nitrogens with two attached hydrogens (primary N) is 1. The molecule has 0 fully saturated rings. The van der Waals surface area contributed by atoms with Gasteiger partial charge >= 0.3 is 0 Å². The zero-order valence-electron chi connectivity index (χ0n) is 8.91. The van der Waals surface area contributed by atoms with Crippen molar-refractivity contribution in [3.8, 4) is 0 Å². The maximum atomic E-state index is 5.58. The second kappa shape index (κ2) is 8.48. The Morgan fingerprint density at radius 1 is 1.20 bits per heavy atom. The van der Waals surface area contributed by atoms with Crippen molar-refractivity contribution >= 4 is 0 Å². The van der Waals surface area contributed by atoms with E-state index in [4.69, 9.17) is 5.73 Å². The van der Waals surface area contributed by atoms with Gasteiger partial charge in [0.25, 0.3) is 0 Å². The molecular weight excluding hydrogens is 226 g/mol. The predicted octanol–water partition coefficient (Wildman–Crippen LogP) is 2.70. The van der Waals surface area contributed by atoms with Crippen LogP contribution in [0, 0.1) is 0 Å². The molecule has 1 atom stereocenters. The minimum atomic E-state index is 0. The van der Waals surface area contributed by atoms with Gasteiger partial charge in [0.15, 0.2) is 0 Å². The fraction of sp³-hybridized carbons (Fsp3) is 0.231. The molecule has 0 saturated carbocycles. The third kappa shape index (κ3) is 7.15. The summed E-state index contributed by atoms with van der Waals surface area (Å²) < 4.78 is 0. The molecule has 0 aliphatic heterocycles. The molecule has 2 N–H and O–H groups in total. The fourth-order valence-electron chi connectivity index (χ4n) is 1.24. The molecule has 2 heteroatoms. The first-order chi connectivity index (χ1) is 6.79. The molecule has 2 rings (SSSR count). The molecule has 0 aromatic heterocycles. The van der Waals surface area contributed by atoms with Crippen LogP contribution in [0.4, 0.5) is 0 Å². The van der Waals surface area contributed by atoms with Crippen LogP contribution in [-0.4, -0.2) is 6.04 Å². The van der Waals surface area contributed by atoms with Crippen LogP contribution in [0.3, 0.4) is 0 Å². The molecule has 0 spiro atoms. The molecule has 0 aliphatic carbocycles. The van der Waals surface area contributed by atoms with Crippen molar-refractivity contribution in [2.75, 3.05) is 0 Å². The van der Waals surface area contributed by atoms with Gasteiger partial charge in [-0.05, 0) is 6.04 Å². The summed E-state index contributed by atoms with van der Waals surface area (Å²) in [5, 5.41) is 0. The summed E-state index contributed by atoms with van der Waals surface area (Å²) in [4.78, 5) is 0. The predicted molar refractivity (Wildman–Crippen MR) is 61.4 cm³/mol. The van der Waals surface area contributed by atoms with E-state index in [-0.39, 0.29) is 23.1 Å². The zero-order valence-corrected chi connectivity index (χ0v) is 10.0. The van der Waals surface area contributed by atoms with Crippen LogP contribution in [-0.2, 0) is 23.5 Å². The van der Waals surface area contributed by atoms with Crippen molar-refractivity contribution in [2.45, 2.75) is 19.4 Å². The monoisotopic (exact) mass is 243 g/mol. The number of hydrogen-bond acceptors (Lipinski definition) is 1. The van der Waals surface area contributed by atoms with Crippen molar-refractivity contribution < 1.29 is 17.1 Å². The molecule has 0 heterocycles. The molecule has 0 radical (unpaired) electrons.